The second-order valence-electron chi connectivity index (χ2n) is 5.46. The molecule has 0 aromatic rings. The van der Waals surface area contributed by atoms with Crippen molar-refractivity contribution in [1.29, 1.82) is 0 Å². The Bertz CT molecular complexity index is 198. The van der Waals surface area contributed by atoms with Gasteiger partial charge in [-0.1, -0.05) is 20.8 Å². The van der Waals surface area contributed by atoms with Gasteiger partial charge in [0.25, 0.3) is 0 Å². The van der Waals surface area contributed by atoms with E-state index in [4.69, 9.17) is 0 Å². The Kier molecular flexibility index (Phi) is 3.21. The number of hydrogen-bond acceptors (Lipinski definition) is 1. The van der Waals surface area contributed by atoms with Crippen LogP contribution in [0.1, 0.15) is 41.5 Å². The van der Waals surface area contributed by atoms with Crippen LogP contribution in [0.25, 0.3) is 0 Å². The third-order valence-electron chi connectivity index (χ3n) is 1.83. The third-order valence-corrected chi connectivity index (χ3v) is 5.49. The van der Waals surface area contributed by atoms with E-state index in [2.05, 4.69) is 5.09 Å². The maximum atomic E-state index is 12.1. The molecule has 0 spiro atoms. The molecule has 0 aromatic carbocycles. The Hall–Kier alpha value is 0.190. The molecule has 0 aliphatic carbocycles. The zero-order chi connectivity index (χ0) is 10.2. The minimum Gasteiger partial charge on any atom is -0.306 e. The average molecular weight is 191 g/mol. The highest BCUT2D eigenvalue weighted by Crippen LogP contribution is 2.51. The summed E-state index contributed by atoms with van der Waals surface area (Å²) < 4.78 is 12.1. The molecule has 0 saturated carbocycles. The van der Waals surface area contributed by atoms with Crippen LogP contribution in [-0.4, -0.2) is 17.4 Å². The van der Waals surface area contributed by atoms with Gasteiger partial charge in [0.2, 0.25) is 0 Å². The van der Waals surface area contributed by atoms with Crippen LogP contribution in [0.3, 0.4) is 0 Å². The first-order chi connectivity index (χ1) is 4.96. The van der Waals surface area contributed by atoms with Gasteiger partial charge in [0.1, 0.15) is 7.29 Å². The van der Waals surface area contributed by atoms with E-state index in [-0.39, 0.29) is 10.7 Å². The predicted octanol–water partition coefficient (Wildman–Crippen LogP) is 3.08. The van der Waals surface area contributed by atoms with E-state index in [0.717, 1.165) is 0 Å². The van der Waals surface area contributed by atoms with Crippen molar-refractivity contribution >= 4 is 7.29 Å². The highest BCUT2D eigenvalue weighted by Gasteiger charge is 2.34. The van der Waals surface area contributed by atoms with Crippen molar-refractivity contribution in [2.75, 3.05) is 6.66 Å². The van der Waals surface area contributed by atoms with Gasteiger partial charge in [0.15, 0.2) is 0 Å². The van der Waals surface area contributed by atoms with Crippen LogP contribution in [0.15, 0.2) is 0 Å². The summed E-state index contributed by atoms with van der Waals surface area (Å²) in [6.07, 6.45) is 0. The van der Waals surface area contributed by atoms with Gasteiger partial charge in [-0.2, -0.15) is 0 Å². The van der Waals surface area contributed by atoms with Gasteiger partial charge >= 0.3 is 0 Å². The molecule has 1 N–H and O–H groups in total. The molecule has 0 amide bonds. The van der Waals surface area contributed by atoms with E-state index >= 15 is 0 Å². The third kappa shape index (κ3) is 3.73. The van der Waals surface area contributed by atoms with Crippen molar-refractivity contribution in [3.05, 3.63) is 0 Å². The standard InChI is InChI=1S/C9H22NOP/c1-8(2,3)10-12(7,11)9(4,5)6/h1-7H3,(H,10,11). The van der Waals surface area contributed by atoms with Gasteiger partial charge in [-0.25, -0.2) is 0 Å². The first-order valence-electron chi connectivity index (χ1n) is 4.33. The molecular weight excluding hydrogens is 169 g/mol. The largest absolute Gasteiger partial charge is 0.306 e. The molecule has 1 unspecified atom stereocenters. The van der Waals surface area contributed by atoms with Crippen LogP contribution in [0.2, 0.25) is 0 Å². The molecule has 0 saturated heterocycles. The Morgan fingerprint density at radius 2 is 1.33 bits per heavy atom. The van der Waals surface area contributed by atoms with Crippen LogP contribution in [-0.2, 0) is 4.57 Å². The van der Waals surface area contributed by atoms with E-state index in [1.54, 1.807) is 0 Å². The summed E-state index contributed by atoms with van der Waals surface area (Å²) in [5.74, 6) is 0. The summed E-state index contributed by atoms with van der Waals surface area (Å²) in [6.45, 7) is 13.9. The predicted molar refractivity (Wildman–Crippen MR) is 56.2 cm³/mol. The Balaban J connectivity index is 4.57. The Morgan fingerprint density at radius 1 is 1.00 bits per heavy atom. The highest BCUT2D eigenvalue weighted by molar-refractivity contribution is 7.62. The lowest BCUT2D eigenvalue weighted by Crippen LogP contribution is -2.38. The van der Waals surface area contributed by atoms with Gasteiger partial charge < -0.3 is 4.57 Å². The smallest absolute Gasteiger partial charge is 0.150 e. The molecule has 0 fully saturated rings. The van der Waals surface area contributed by atoms with Crippen molar-refractivity contribution in [2.24, 2.45) is 0 Å². The maximum Gasteiger partial charge on any atom is 0.150 e. The van der Waals surface area contributed by atoms with Crippen LogP contribution in [0.5, 0.6) is 0 Å². The fourth-order valence-corrected chi connectivity index (χ4v) is 2.42. The molecule has 1 atom stereocenters. The van der Waals surface area contributed by atoms with Crippen LogP contribution < -0.4 is 5.09 Å². The summed E-state index contributed by atoms with van der Waals surface area (Å²) >= 11 is 0. The SMILES string of the molecule is CC(C)(C)NP(C)(=O)C(C)(C)C. The van der Waals surface area contributed by atoms with E-state index < -0.39 is 7.29 Å². The van der Waals surface area contributed by atoms with Gasteiger partial charge in [-0.15, -0.1) is 0 Å². The Labute approximate surface area is 76.6 Å². The zero-order valence-electron chi connectivity index (χ0n) is 9.36. The van der Waals surface area contributed by atoms with Crippen molar-refractivity contribution in [1.82, 2.24) is 5.09 Å². The molecule has 0 aliphatic rings. The number of nitrogens with one attached hydrogen (secondary N) is 1. The lowest BCUT2D eigenvalue weighted by Gasteiger charge is -2.34. The monoisotopic (exact) mass is 191 g/mol. The van der Waals surface area contributed by atoms with Gasteiger partial charge in [0.05, 0.1) is 0 Å². The maximum absolute atomic E-state index is 12.1. The summed E-state index contributed by atoms with van der Waals surface area (Å²) in [7, 11) is -2.25. The van der Waals surface area contributed by atoms with E-state index in [1.807, 2.05) is 48.2 Å². The molecule has 0 heterocycles. The fraction of sp³-hybridized carbons (Fsp3) is 1.00. The quantitative estimate of drug-likeness (QED) is 0.645. The zero-order valence-corrected chi connectivity index (χ0v) is 10.2. The molecule has 3 heteroatoms. The fourth-order valence-electron chi connectivity index (χ4n) is 0.808. The lowest BCUT2D eigenvalue weighted by atomic mass is 10.1. The van der Waals surface area contributed by atoms with E-state index in [1.165, 1.54) is 0 Å². The Morgan fingerprint density at radius 3 is 1.42 bits per heavy atom. The molecule has 0 radical (unpaired) electrons. The molecule has 0 aromatic heterocycles. The first kappa shape index (κ1) is 12.2. The minimum absolute atomic E-state index is 0.0719. The molecule has 74 valence electrons. The van der Waals surface area contributed by atoms with Gasteiger partial charge in [0, 0.05) is 17.4 Å². The molecule has 0 rings (SSSR count). The molecule has 0 bridgehead atoms. The molecular formula is C9H22NOP. The van der Waals surface area contributed by atoms with Gasteiger partial charge in [-0.3, -0.25) is 5.09 Å². The van der Waals surface area contributed by atoms with Crippen molar-refractivity contribution < 1.29 is 4.57 Å². The van der Waals surface area contributed by atoms with Crippen LogP contribution >= 0.6 is 7.29 Å². The number of hydrogen-bond donors (Lipinski definition) is 1. The minimum atomic E-state index is -2.25. The first-order valence-corrected chi connectivity index (χ1v) is 6.48. The van der Waals surface area contributed by atoms with E-state index in [0.29, 0.717) is 0 Å². The summed E-state index contributed by atoms with van der Waals surface area (Å²) in [4.78, 5) is 0. The number of rotatable bonds is 1. The normalized spacial score (nSPS) is 18.9. The molecule has 12 heavy (non-hydrogen) atoms. The topological polar surface area (TPSA) is 29.1 Å². The van der Waals surface area contributed by atoms with Crippen LogP contribution in [0.4, 0.5) is 0 Å². The van der Waals surface area contributed by atoms with Gasteiger partial charge in [-0.05, 0) is 20.8 Å². The van der Waals surface area contributed by atoms with Crippen LogP contribution in [0, 0.1) is 0 Å². The van der Waals surface area contributed by atoms with E-state index in [9.17, 15) is 4.57 Å². The second kappa shape index (κ2) is 3.16. The van der Waals surface area contributed by atoms with Crippen molar-refractivity contribution in [3.8, 4) is 0 Å². The summed E-state index contributed by atoms with van der Waals surface area (Å²) in [5.41, 5.74) is -0.0719. The highest BCUT2D eigenvalue weighted by atomic mass is 31.2. The average Bonchev–Trinajstić information content (AvgIpc) is 1.52. The molecule has 0 aliphatic heterocycles. The lowest BCUT2D eigenvalue weighted by molar-refractivity contribution is 0.474. The van der Waals surface area contributed by atoms with Crippen molar-refractivity contribution in [2.45, 2.75) is 52.2 Å². The summed E-state index contributed by atoms with van der Waals surface area (Å²) in [5, 5.41) is 3.04. The second-order valence-corrected chi connectivity index (χ2v) is 8.87. The summed E-state index contributed by atoms with van der Waals surface area (Å²) in [6, 6.07) is 0. The molecule has 2 nitrogen and oxygen atoms in total. The van der Waals surface area contributed by atoms with Crippen molar-refractivity contribution in [3.63, 3.8) is 0 Å².